The topological polar surface area (TPSA) is 72.6 Å². The summed E-state index contributed by atoms with van der Waals surface area (Å²) in [5.74, 6) is 0.278. The van der Waals surface area contributed by atoms with Crippen molar-refractivity contribution in [1.82, 2.24) is 0 Å². The van der Waals surface area contributed by atoms with Gasteiger partial charge in [0, 0.05) is 6.08 Å². The van der Waals surface area contributed by atoms with Crippen LogP contribution in [0.4, 0.5) is 0 Å². The lowest BCUT2D eigenvalue weighted by molar-refractivity contribution is -0.400. The van der Waals surface area contributed by atoms with Gasteiger partial charge in [-0.3, -0.25) is 10.1 Å². The maximum absolute atomic E-state index is 10.2. The molecule has 0 heterocycles. The second kappa shape index (κ2) is 5.50. The first-order valence-corrected chi connectivity index (χ1v) is 5.31. The van der Waals surface area contributed by atoms with Gasteiger partial charge in [-0.25, -0.2) is 0 Å². The van der Waals surface area contributed by atoms with Crippen molar-refractivity contribution in [3.63, 3.8) is 0 Å². The predicted octanol–water partition coefficient (Wildman–Crippen LogP) is 2.80. The molecule has 1 rings (SSSR count). The maximum atomic E-state index is 10.2. The van der Waals surface area contributed by atoms with Gasteiger partial charge in [0.2, 0.25) is 6.20 Å². The standard InChI is InChI=1S/C10H10BrNO4/c1-2-16-9-6-7(3-4-12(14)15)5-8(11)10(9)13/h3-6,13H,2H2,1H3/b4-3+. The van der Waals surface area contributed by atoms with Crippen LogP contribution in [0.2, 0.25) is 0 Å². The summed E-state index contributed by atoms with van der Waals surface area (Å²) in [6.45, 7) is 2.19. The van der Waals surface area contributed by atoms with Crippen molar-refractivity contribution in [2.24, 2.45) is 0 Å². The highest BCUT2D eigenvalue weighted by molar-refractivity contribution is 9.10. The second-order valence-corrected chi connectivity index (χ2v) is 3.74. The maximum Gasteiger partial charge on any atom is 0.235 e. The second-order valence-electron chi connectivity index (χ2n) is 2.88. The summed E-state index contributed by atoms with van der Waals surface area (Å²) in [4.78, 5) is 9.61. The Morgan fingerprint density at radius 3 is 2.88 bits per heavy atom. The van der Waals surface area contributed by atoms with Crippen LogP contribution < -0.4 is 4.74 Å². The van der Waals surface area contributed by atoms with E-state index in [1.807, 2.05) is 0 Å². The van der Waals surface area contributed by atoms with E-state index in [1.165, 1.54) is 12.1 Å². The monoisotopic (exact) mass is 287 g/mol. The molecule has 0 saturated heterocycles. The fourth-order valence-electron chi connectivity index (χ4n) is 1.10. The molecule has 0 atom stereocenters. The van der Waals surface area contributed by atoms with Crippen LogP contribution in [0.5, 0.6) is 11.5 Å². The van der Waals surface area contributed by atoms with E-state index < -0.39 is 4.92 Å². The van der Waals surface area contributed by atoms with E-state index in [2.05, 4.69) is 15.9 Å². The fourth-order valence-corrected chi connectivity index (χ4v) is 1.56. The number of benzene rings is 1. The van der Waals surface area contributed by atoms with Gasteiger partial charge >= 0.3 is 0 Å². The van der Waals surface area contributed by atoms with Gasteiger partial charge in [-0.05, 0) is 40.5 Å². The van der Waals surface area contributed by atoms with Crippen molar-refractivity contribution in [3.8, 4) is 11.5 Å². The molecule has 0 aromatic heterocycles. The van der Waals surface area contributed by atoms with Crippen LogP contribution in [0, 0.1) is 10.1 Å². The Labute approximate surface area is 101 Å². The molecule has 0 aliphatic rings. The SMILES string of the molecule is CCOc1cc(/C=C/[N+](=O)[O-])cc(Br)c1O. The number of hydrogen-bond acceptors (Lipinski definition) is 4. The lowest BCUT2D eigenvalue weighted by Gasteiger charge is -2.08. The zero-order valence-corrected chi connectivity index (χ0v) is 10.1. The van der Waals surface area contributed by atoms with Crippen LogP contribution in [0.15, 0.2) is 22.8 Å². The first kappa shape index (κ1) is 12.5. The van der Waals surface area contributed by atoms with Gasteiger partial charge < -0.3 is 9.84 Å². The van der Waals surface area contributed by atoms with Crippen LogP contribution >= 0.6 is 15.9 Å². The number of rotatable bonds is 4. The third-order valence-corrected chi connectivity index (χ3v) is 2.34. The lowest BCUT2D eigenvalue weighted by atomic mass is 10.2. The van der Waals surface area contributed by atoms with E-state index >= 15 is 0 Å². The molecule has 16 heavy (non-hydrogen) atoms. The van der Waals surface area contributed by atoms with Gasteiger partial charge in [0.15, 0.2) is 11.5 Å². The number of nitro groups is 1. The number of aromatic hydroxyl groups is 1. The molecular weight excluding hydrogens is 278 g/mol. The number of hydrogen-bond donors (Lipinski definition) is 1. The van der Waals surface area contributed by atoms with Crippen LogP contribution in [-0.2, 0) is 0 Å². The highest BCUT2D eigenvalue weighted by atomic mass is 79.9. The minimum atomic E-state index is -0.554. The number of halogens is 1. The first-order valence-electron chi connectivity index (χ1n) is 4.51. The number of phenolic OH excluding ortho intramolecular Hbond substituents is 1. The van der Waals surface area contributed by atoms with Crippen molar-refractivity contribution in [2.75, 3.05) is 6.61 Å². The number of phenols is 1. The summed E-state index contributed by atoms with van der Waals surface area (Å²) in [6, 6.07) is 3.10. The Balaban J connectivity index is 3.08. The van der Waals surface area contributed by atoms with Gasteiger partial charge in [0.1, 0.15) is 0 Å². The zero-order chi connectivity index (χ0) is 12.1. The molecule has 0 amide bonds. The van der Waals surface area contributed by atoms with Gasteiger partial charge in [-0.2, -0.15) is 0 Å². The van der Waals surface area contributed by atoms with E-state index in [-0.39, 0.29) is 5.75 Å². The first-order chi connectivity index (χ1) is 7.54. The van der Waals surface area contributed by atoms with E-state index in [4.69, 9.17) is 4.74 Å². The minimum Gasteiger partial charge on any atom is -0.503 e. The molecule has 0 unspecified atom stereocenters. The van der Waals surface area contributed by atoms with Gasteiger partial charge in [-0.15, -0.1) is 0 Å². The quantitative estimate of drug-likeness (QED) is 0.683. The predicted molar refractivity (Wildman–Crippen MR) is 63.0 cm³/mol. The minimum absolute atomic E-state index is 0.0138. The van der Waals surface area contributed by atoms with Crippen LogP contribution in [0.3, 0.4) is 0 Å². The Hall–Kier alpha value is -1.56. The summed E-state index contributed by atoms with van der Waals surface area (Å²) in [6.07, 6.45) is 2.15. The largest absolute Gasteiger partial charge is 0.503 e. The third-order valence-electron chi connectivity index (χ3n) is 1.74. The van der Waals surface area contributed by atoms with Gasteiger partial charge in [-0.1, -0.05) is 0 Å². The fraction of sp³-hybridized carbons (Fsp3) is 0.200. The summed E-state index contributed by atoms with van der Waals surface area (Å²) in [5, 5.41) is 19.8. The summed E-state index contributed by atoms with van der Waals surface area (Å²) in [7, 11) is 0. The van der Waals surface area contributed by atoms with Crippen molar-refractivity contribution in [2.45, 2.75) is 6.92 Å². The molecule has 5 nitrogen and oxygen atoms in total. The smallest absolute Gasteiger partial charge is 0.235 e. The summed E-state index contributed by atoms with van der Waals surface area (Å²) >= 11 is 3.14. The Kier molecular flexibility index (Phi) is 4.30. The Bertz CT molecular complexity index is 431. The molecule has 6 heteroatoms. The van der Waals surface area contributed by atoms with E-state index in [0.29, 0.717) is 22.4 Å². The molecule has 0 fully saturated rings. The molecule has 1 aromatic rings. The molecule has 0 aliphatic heterocycles. The van der Waals surface area contributed by atoms with Crippen molar-refractivity contribution in [3.05, 3.63) is 38.5 Å². The van der Waals surface area contributed by atoms with Crippen LogP contribution in [0.25, 0.3) is 6.08 Å². The highest BCUT2D eigenvalue weighted by Gasteiger charge is 2.08. The zero-order valence-electron chi connectivity index (χ0n) is 8.51. The summed E-state index contributed by atoms with van der Waals surface area (Å²) in [5.41, 5.74) is 0.574. The summed E-state index contributed by atoms with van der Waals surface area (Å²) < 4.78 is 5.61. The number of ether oxygens (including phenoxy) is 1. The van der Waals surface area contributed by atoms with E-state index in [0.717, 1.165) is 6.20 Å². The molecule has 0 spiro atoms. The average molecular weight is 288 g/mol. The molecule has 0 radical (unpaired) electrons. The van der Waals surface area contributed by atoms with Crippen LogP contribution in [-0.4, -0.2) is 16.6 Å². The van der Waals surface area contributed by atoms with Crippen molar-refractivity contribution in [1.29, 1.82) is 0 Å². The van der Waals surface area contributed by atoms with Gasteiger partial charge in [0.05, 0.1) is 16.0 Å². The molecule has 0 saturated carbocycles. The molecule has 86 valence electrons. The normalized spacial score (nSPS) is 10.6. The lowest BCUT2D eigenvalue weighted by Crippen LogP contribution is -1.93. The van der Waals surface area contributed by atoms with E-state index in [9.17, 15) is 15.2 Å². The Morgan fingerprint density at radius 2 is 2.31 bits per heavy atom. The van der Waals surface area contributed by atoms with Crippen LogP contribution in [0.1, 0.15) is 12.5 Å². The van der Waals surface area contributed by atoms with E-state index in [1.54, 1.807) is 13.0 Å². The highest BCUT2D eigenvalue weighted by Crippen LogP contribution is 2.35. The third kappa shape index (κ3) is 3.23. The molecule has 0 bridgehead atoms. The number of nitrogens with zero attached hydrogens (tertiary/aromatic N) is 1. The molecular formula is C10H10BrNO4. The van der Waals surface area contributed by atoms with Crippen molar-refractivity contribution >= 4 is 22.0 Å². The van der Waals surface area contributed by atoms with Gasteiger partial charge in [0.25, 0.3) is 0 Å². The molecule has 1 N–H and O–H groups in total. The van der Waals surface area contributed by atoms with Crippen molar-refractivity contribution < 1.29 is 14.8 Å². The average Bonchev–Trinajstić information content (AvgIpc) is 2.22. The Morgan fingerprint density at radius 1 is 1.62 bits per heavy atom. The molecule has 1 aromatic carbocycles. The molecule has 0 aliphatic carbocycles.